The summed E-state index contributed by atoms with van der Waals surface area (Å²) in [6.45, 7) is 0. The molecule has 0 aromatic carbocycles. The van der Waals surface area contributed by atoms with Crippen LogP contribution in [0.15, 0.2) is 24.4 Å². The molecule has 3 heteroatoms. The van der Waals surface area contributed by atoms with Crippen LogP contribution in [0.5, 0.6) is 0 Å². The van der Waals surface area contributed by atoms with Crippen molar-refractivity contribution in [2.45, 2.75) is 25.3 Å². The highest BCUT2D eigenvalue weighted by Crippen LogP contribution is 2.23. The molecule has 2 aromatic rings. The highest BCUT2D eigenvalue weighted by atomic mass is 15.2. The second-order valence-corrected chi connectivity index (χ2v) is 3.96. The molecule has 0 fully saturated rings. The van der Waals surface area contributed by atoms with Crippen LogP contribution in [0, 0.1) is 0 Å². The Kier molecular flexibility index (Phi) is 1.61. The maximum atomic E-state index is 5.96. The Bertz CT molecular complexity index is 472. The van der Waals surface area contributed by atoms with Gasteiger partial charge in [0.2, 0.25) is 0 Å². The van der Waals surface area contributed by atoms with Gasteiger partial charge in [-0.25, -0.2) is 4.52 Å². The van der Waals surface area contributed by atoms with Gasteiger partial charge in [-0.15, -0.1) is 0 Å². The lowest BCUT2D eigenvalue weighted by Crippen LogP contribution is -2.27. The molecule has 14 heavy (non-hydrogen) atoms. The maximum absolute atomic E-state index is 5.96. The van der Waals surface area contributed by atoms with E-state index in [4.69, 9.17) is 5.73 Å². The van der Waals surface area contributed by atoms with Crippen molar-refractivity contribution in [1.82, 2.24) is 9.61 Å². The number of hydrogen-bond donors (Lipinski definition) is 1. The topological polar surface area (TPSA) is 43.3 Å². The number of aryl methyl sites for hydroxylation is 1. The number of aromatic nitrogens is 2. The first-order valence-electron chi connectivity index (χ1n) is 5.05. The van der Waals surface area contributed by atoms with Crippen LogP contribution < -0.4 is 5.73 Å². The first-order chi connectivity index (χ1) is 6.84. The van der Waals surface area contributed by atoms with Gasteiger partial charge in [0.25, 0.3) is 0 Å². The first kappa shape index (κ1) is 8.00. The smallest absolute Gasteiger partial charge is 0.0697 e. The zero-order chi connectivity index (χ0) is 9.54. The van der Waals surface area contributed by atoms with Gasteiger partial charge in [-0.2, -0.15) is 5.10 Å². The van der Waals surface area contributed by atoms with Crippen LogP contribution in [-0.4, -0.2) is 15.7 Å². The predicted octanol–water partition coefficient (Wildman–Crippen LogP) is 1.15. The Hall–Kier alpha value is -1.35. The zero-order valence-corrected chi connectivity index (χ0v) is 7.98. The molecule has 2 heterocycles. The second-order valence-electron chi connectivity index (χ2n) is 3.96. The van der Waals surface area contributed by atoms with Gasteiger partial charge in [-0.05, 0) is 31.4 Å². The fourth-order valence-electron chi connectivity index (χ4n) is 2.21. The van der Waals surface area contributed by atoms with Gasteiger partial charge >= 0.3 is 0 Å². The lowest BCUT2D eigenvalue weighted by atomic mass is 9.93. The standard InChI is InChI=1S/C11H13N3/c12-8-4-5-10-9(7-8)11-3-1-2-6-14(11)13-10/h1-3,6,8H,4-5,7,12H2. The minimum Gasteiger partial charge on any atom is -0.327 e. The van der Waals surface area contributed by atoms with Crippen molar-refractivity contribution < 1.29 is 0 Å². The average molecular weight is 187 g/mol. The molecule has 2 aromatic heterocycles. The molecule has 2 N–H and O–H groups in total. The molecular weight excluding hydrogens is 174 g/mol. The largest absolute Gasteiger partial charge is 0.327 e. The van der Waals surface area contributed by atoms with Crippen LogP contribution in [-0.2, 0) is 12.8 Å². The van der Waals surface area contributed by atoms with Gasteiger partial charge in [-0.1, -0.05) is 6.07 Å². The molecule has 0 aliphatic heterocycles. The number of rotatable bonds is 0. The highest BCUT2D eigenvalue weighted by Gasteiger charge is 2.20. The van der Waals surface area contributed by atoms with Crippen LogP contribution in [0.3, 0.4) is 0 Å². The van der Waals surface area contributed by atoms with E-state index in [0.29, 0.717) is 6.04 Å². The zero-order valence-electron chi connectivity index (χ0n) is 7.98. The molecule has 1 aliphatic rings. The monoisotopic (exact) mass is 187 g/mol. The molecule has 0 radical (unpaired) electrons. The van der Waals surface area contributed by atoms with E-state index in [0.717, 1.165) is 19.3 Å². The molecule has 1 unspecified atom stereocenters. The van der Waals surface area contributed by atoms with Gasteiger partial charge in [-0.3, -0.25) is 0 Å². The highest BCUT2D eigenvalue weighted by molar-refractivity contribution is 5.57. The van der Waals surface area contributed by atoms with Gasteiger partial charge in [0, 0.05) is 17.8 Å². The molecule has 3 nitrogen and oxygen atoms in total. The van der Waals surface area contributed by atoms with Crippen LogP contribution in [0.25, 0.3) is 5.52 Å². The first-order valence-corrected chi connectivity index (χ1v) is 5.05. The molecule has 1 aliphatic carbocycles. The van der Waals surface area contributed by atoms with Crippen molar-refractivity contribution in [2.24, 2.45) is 5.73 Å². The molecule has 0 amide bonds. The summed E-state index contributed by atoms with van der Waals surface area (Å²) in [4.78, 5) is 0. The van der Waals surface area contributed by atoms with E-state index >= 15 is 0 Å². The second kappa shape index (κ2) is 2.82. The Morgan fingerprint density at radius 3 is 3.29 bits per heavy atom. The van der Waals surface area contributed by atoms with Gasteiger partial charge in [0.15, 0.2) is 0 Å². The number of pyridine rings is 1. The molecule has 1 atom stereocenters. The van der Waals surface area contributed by atoms with Crippen molar-refractivity contribution in [1.29, 1.82) is 0 Å². The summed E-state index contributed by atoms with van der Waals surface area (Å²) in [5, 5.41) is 4.55. The van der Waals surface area contributed by atoms with Crippen LogP contribution in [0.4, 0.5) is 0 Å². The van der Waals surface area contributed by atoms with E-state index in [1.165, 1.54) is 16.8 Å². The molecule has 0 saturated carbocycles. The van der Waals surface area contributed by atoms with Gasteiger partial charge in [0.1, 0.15) is 0 Å². The summed E-state index contributed by atoms with van der Waals surface area (Å²) >= 11 is 0. The molecule has 0 spiro atoms. The summed E-state index contributed by atoms with van der Waals surface area (Å²) in [6, 6.07) is 6.49. The third-order valence-corrected chi connectivity index (χ3v) is 2.94. The quantitative estimate of drug-likeness (QED) is 0.672. The van der Waals surface area contributed by atoms with E-state index in [1.54, 1.807) is 0 Å². The number of nitrogens with zero attached hydrogens (tertiary/aromatic N) is 2. The third kappa shape index (κ3) is 1.06. The molecule has 0 bridgehead atoms. The van der Waals surface area contributed by atoms with Crippen LogP contribution >= 0.6 is 0 Å². The Labute approximate surface area is 82.5 Å². The van der Waals surface area contributed by atoms with E-state index < -0.39 is 0 Å². The SMILES string of the molecule is NC1CCc2nn3ccccc3c2C1. The normalized spacial score (nSPS) is 21.1. The van der Waals surface area contributed by atoms with Crippen LogP contribution in [0.2, 0.25) is 0 Å². The maximum Gasteiger partial charge on any atom is 0.0697 e. The van der Waals surface area contributed by atoms with E-state index in [1.807, 2.05) is 16.8 Å². The Morgan fingerprint density at radius 2 is 2.36 bits per heavy atom. The molecular formula is C11H13N3. The van der Waals surface area contributed by atoms with E-state index in [9.17, 15) is 0 Å². The van der Waals surface area contributed by atoms with Gasteiger partial charge in [0.05, 0.1) is 11.2 Å². The summed E-state index contributed by atoms with van der Waals surface area (Å²) < 4.78 is 1.96. The van der Waals surface area contributed by atoms with Crippen molar-refractivity contribution in [3.63, 3.8) is 0 Å². The van der Waals surface area contributed by atoms with Crippen molar-refractivity contribution in [3.05, 3.63) is 35.7 Å². The van der Waals surface area contributed by atoms with Crippen molar-refractivity contribution in [2.75, 3.05) is 0 Å². The molecule has 72 valence electrons. The van der Waals surface area contributed by atoms with Crippen molar-refractivity contribution in [3.8, 4) is 0 Å². The lowest BCUT2D eigenvalue weighted by Gasteiger charge is -2.16. The Morgan fingerprint density at radius 1 is 1.43 bits per heavy atom. The van der Waals surface area contributed by atoms with E-state index in [2.05, 4.69) is 17.2 Å². The number of nitrogens with two attached hydrogens (primary N) is 1. The summed E-state index contributed by atoms with van der Waals surface area (Å²) in [6.07, 6.45) is 5.07. The minimum absolute atomic E-state index is 0.315. The number of fused-ring (bicyclic) bond motifs is 3. The predicted molar refractivity (Wildman–Crippen MR) is 55.2 cm³/mol. The summed E-state index contributed by atoms with van der Waals surface area (Å²) in [5.74, 6) is 0. The Balaban J connectivity index is 2.25. The fourth-order valence-corrected chi connectivity index (χ4v) is 2.21. The van der Waals surface area contributed by atoms with Crippen LogP contribution in [0.1, 0.15) is 17.7 Å². The summed E-state index contributed by atoms with van der Waals surface area (Å²) in [5.41, 5.74) is 9.77. The number of hydrogen-bond acceptors (Lipinski definition) is 2. The third-order valence-electron chi connectivity index (χ3n) is 2.94. The summed E-state index contributed by atoms with van der Waals surface area (Å²) in [7, 11) is 0. The van der Waals surface area contributed by atoms with E-state index in [-0.39, 0.29) is 0 Å². The lowest BCUT2D eigenvalue weighted by molar-refractivity contribution is 0.572. The fraction of sp³-hybridized carbons (Fsp3) is 0.364. The van der Waals surface area contributed by atoms with Crippen molar-refractivity contribution >= 4 is 5.52 Å². The average Bonchev–Trinajstić information content (AvgIpc) is 2.56. The molecule has 0 saturated heterocycles. The van der Waals surface area contributed by atoms with Gasteiger partial charge < -0.3 is 5.73 Å². The molecule has 3 rings (SSSR count). The minimum atomic E-state index is 0.315.